The van der Waals surface area contributed by atoms with E-state index in [1.165, 1.54) is 19.3 Å². The first kappa shape index (κ1) is 4.80. The highest BCUT2D eigenvalue weighted by Gasteiger charge is 2.38. The zero-order valence-electron chi connectivity index (χ0n) is 5.01. The van der Waals surface area contributed by atoms with E-state index < -0.39 is 0 Å². The Balaban J connectivity index is 2.11. The number of aliphatic hydroxyl groups excluding tert-OH is 1. The van der Waals surface area contributed by atoms with E-state index in [0.29, 0.717) is 5.92 Å². The third-order valence-electron chi connectivity index (χ3n) is 2.70. The van der Waals surface area contributed by atoms with Crippen LogP contribution in [0.5, 0.6) is 0 Å². The highest BCUT2D eigenvalue weighted by Crippen LogP contribution is 2.44. The first-order chi connectivity index (χ1) is 3.86. The van der Waals surface area contributed by atoms with E-state index in [1.54, 1.807) is 0 Å². The van der Waals surface area contributed by atoms with Gasteiger partial charge in [-0.1, -0.05) is 0 Å². The molecule has 0 saturated heterocycles. The predicted octanol–water partition coefficient (Wildman–Crippen LogP) is 1.17. The van der Waals surface area contributed by atoms with Gasteiger partial charge in [0.05, 0.1) is 6.10 Å². The Labute approximate surface area is 49.7 Å². The van der Waals surface area contributed by atoms with Crippen LogP contribution in [0.3, 0.4) is 0 Å². The lowest BCUT2D eigenvalue weighted by Gasteiger charge is -2.14. The van der Waals surface area contributed by atoms with Crippen molar-refractivity contribution in [3.05, 3.63) is 0 Å². The summed E-state index contributed by atoms with van der Waals surface area (Å²) < 4.78 is 0. The second kappa shape index (κ2) is 1.47. The van der Waals surface area contributed by atoms with Crippen molar-refractivity contribution < 1.29 is 5.11 Å². The Morgan fingerprint density at radius 2 is 2.00 bits per heavy atom. The van der Waals surface area contributed by atoms with Crippen LogP contribution in [-0.2, 0) is 0 Å². The summed E-state index contributed by atoms with van der Waals surface area (Å²) in [5, 5.41) is 9.22. The Morgan fingerprint density at radius 3 is 2.25 bits per heavy atom. The molecule has 2 fully saturated rings. The SMILES string of the molecule is OC1C[C@H]2CC[C@@H]1C2. The Kier molecular flexibility index (Phi) is 0.884. The maximum atomic E-state index is 9.22. The molecule has 0 amide bonds. The average molecular weight is 112 g/mol. The molecule has 0 aromatic rings. The summed E-state index contributed by atoms with van der Waals surface area (Å²) in [7, 11) is 0. The van der Waals surface area contributed by atoms with Crippen LogP contribution in [0.15, 0.2) is 0 Å². The van der Waals surface area contributed by atoms with Crippen LogP contribution in [0.25, 0.3) is 0 Å². The summed E-state index contributed by atoms with van der Waals surface area (Å²) in [5.74, 6) is 1.59. The molecule has 2 aliphatic rings. The van der Waals surface area contributed by atoms with Crippen molar-refractivity contribution in [2.75, 3.05) is 0 Å². The smallest absolute Gasteiger partial charge is 0.0571 e. The van der Waals surface area contributed by atoms with Gasteiger partial charge in [-0.15, -0.1) is 0 Å². The second-order valence-corrected chi connectivity index (χ2v) is 3.24. The standard InChI is InChI=1S/C7H12O/c8-7-4-5-1-2-6(7)3-5/h5-8H,1-4H2/t5-,6+,7?/m0/s1. The Hall–Kier alpha value is -0.0400. The molecule has 2 aliphatic carbocycles. The molecule has 1 nitrogen and oxygen atoms in total. The molecular formula is C7H12O. The van der Waals surface area contributed by atoms with Crippen molar-refractivity contribution in [3.63, 3.8) is 0 Å². The minimum atomic E-state index is 0.0775. The van der Waals surface area contributed by atoms with Crippen LogP contribution in [-0.4, -0.2) is 11.2 Å². The highest BCUT2D eigenvalue weighted by atomic mass is 16.3. The van der Waals surface area contributed by atoms with Crippen molar-refractivity contribution in [1.82, 2.24) is 0 Å². The quantitative estimate of drug-likeness (QED) is 0.498. The molecule has 2 saturated carbocycles. The van der Waals surface area contributed by atoms with Gasteiger partial charge < -0.3 is 5.11 Å². The zero-order valence-corrected chi connectivity index (χ0v) is 5.01. The molecule has 3 atom stereocenters. The van der Waals surface area contributed by atoms with Crippen molar-refractivity contribution in [2.45, 2.75) is 31.8 Å². The summed E-state index contributed by atoms with van der Waals surface area (Å²) >= 11 is 0. The summed E-state index contributed by atoms with van der Waals surface area (Å²) in [6, 6.07) is 0. The fraction of sp³-hybridized carbons (Fsp3) is 1.00. The van der Waals surface area contributed by atoms with Gasteiger partial charge in [0.2, 0.25) is 0 Å². The fourth-order valence-corrected chi connectivity index (χ4v) is 2.21. The molecule has 8 heavy (non-hydrogen) atoms. The summed E-state index contributed by atoms with van der Waals surface area (Å²) in [6.45, 7) is 0. The first-order valence-corrected chi connectivity index (χ1v) is 3.54. The minimum Gasteiger partial charge on any atom is -0.393 e. The molecule has 0 aliphatic heterocycles. The largest absolute Gasteiger partial charge is 0.393 e. The van der Waals surface area contributed by atoms with Gasteiger partial charge in [0, 0.05) is 0 Å². The number of aliphatic hydroxyl groups is 1. The molecule has 2 bridgehead atoms. The summed E-state index contributed by atoms with van der Waals surface area (Å²) in [4.78, 5) is 0. The van der Waals surface area contributed by atoms with Gasteiger partial charge >= 0.3 is 0 Å². The van der Waals surface area contributed by atoms with Crippen molar-refractivity contribution in [3.8, 4) is 0 Å². The normalized spacial score (nSPS) is 52.9. The van der Waals surface area contributed by atoms with Crippen LogP contribution in [0, 0.1) is 11.8 Å². The van der Waals surface area contributed by atoms with Gasteiger partial charge in [-0.3, -0.25) is 0 Å². The predicted molar refractivity (Wildman–Crippen MR) is 31.5 cm³/mol. The lowest BCUT2D eigenvalue weighted by molar-refractivity contribution is 0.113. The molecule has 0 radical (unpaired) electrons. The van der Waals surface area contributed by atoms with Gasteiger partial charge in [0.1, 0.15) is 0 Å². The molecule has 1 N–H and O–H groups in total. The number of hydrogen-bond donors (Lipinski definition) is 1. The molecule has 1 heteroatoms. The average Bonchev–Trinajstić information content (AvgIpc) is 2.23. The van der Waals surface area contributed by atoms with E-state index in [4.69, 9.17) is 0 Å². The highest BCUT2D eigenvalue weighted by molar-refractivity contribution is 4.89. The van der Waals surface area contributed by atoms with Crippen LogP contribution in [0.4, 0.5) is 0 Å². The molecular weight excluding hydrogens is 100 g/mol. The van der Waals surface area contributed by atoms with E-state index in [0.717, 1.165) is 12.3 Å². The Bertz CT molecular complexity index is 98.6. The topological polar surface area (TPSA) is 20.2 Å². The first-order valence-electron chi connectivity index (χ1n) is 3.54. The van der Waals surface area contributed by atoms with Gasteiger partial charge in [0.15, 0.2) is 0 Å². The number of rotatable bonds is 0. The molecule has 2 rings (SSSR count). The molecule has 0 spiro atoms. The van der Waals surface area contributed by atoms with Crippen molar-refractivity contribution >= 4 is 0 Å². The Morgan fingerprint density at radius 1 is 1.12 bits per heavy atom. The van der Waals surface area contributed by atoms with E-state index in [1.807, 2.05) is 0 Å². The summed E-state index contributed by atoms with van der Waals surface area (Å²) in [5.41, 5.74) is 0. The zero-order chi connectivity index (χ0) is 5.56. The second-order valence-electron chi connectivity index (χ2n) is 3.24. The summed E-state index contributed by atoms with van der Waals surface area (Å²) in [6.07, 6.45) is 5.19. The lowest BCUT2D eigenvalue weighted by atomic mass is 9.98. The van der Waals surface area contributed by atoms with E-state index in [2.05, 4.69) is 0 Å². The van der Waals surface area contributed by atoms with Crippen LogP contribution in [0.1, 0.15) is 25.7 Å². The van der Waals surface area contributed by atoms with Crippen LogP contribution < -0.4 is 0 Å². The third kappa shape index (κ3) is 0.510. The molecule has 0 aromatic heterocycles. The number of fused-ring (bicyclic) bond motifs is 2. The fourth-order valence-electron chi connectivity index (χ4n) is 2.21. The van der Waals surface area contributed by atoms with Crippen molar-refractivity contribution in [2.24, 2.45) is 11.8 Å². The van der Waals surface area contributed by atoms with E-state index in [-0.39, 0.29) is 6.10 Å². The van der Waals surface area contributed by atoms with Gasteiger partial charge in [0.25, 0.3) is 0 Å². The van der Waals surface area contributed by atoms with E-state index in [9.17, 15) is 5.11 Å². The molecule has 0 heterocycles. The maximum Gasteiger partial charge on any atom is 0.0571 e. The van der Waals surface area contributed by atoms with Gasteiger partial charge in [-0.2, -0.15) is 0 Å². The van der Waals surface area contributed by atoms with Gasteiger partial charge in [-0.25, -0.2) is 0 Å². The maximum absolute atomic E-state index is 9.22. The monoisotopic (exact) mass is 112 g/mol. The van der Waals surface area contributed by atoms with Crippen molar-refractivity contribution in [1.29, 1.82) is 0 Å². The molecule has 46 valence electrons. The molecule has 1 unspecified atom stereocenters. The lowest BCUT2D eigenvalue weighted by Crippen LogP contribution is -2.14. The third-order valence-corrected chi connectivity index (χ3v) is 2.70. The van der Waals surface area contributed by atoms with Crippen LogP contribution >= 0.6 is 0 Å². The molecule has 0 aromatic carbocycles. The van der Waals surface area contributed by atoms with E-state index >= 15 is 0 Å². The minimum absolute atomic E-state index is 0.0775. The van der Waals surface area contributed by atoms with Crippen LogP contribution in [0.2, 0.25) is 0 Å². The van der Waals surface area contributed by atoms with Gasteiger partial charge in [-0.05, 0) is 37.5 Å². The number of hydrogen-bond acceptors (Lipinski definition) is 1.